The second-order valence-electron chi connectivity index (χ2n) is 9.90. The van der Waals surface area contributed by atoms with Crippen molar-refractivity contribution < 1.29 is 19.4 Å². The van der Waals surface area contributed by atoms with E-state index in [1.54, 1.807) is 0 Å². The third-order valence-electron chi connectivity index (χ3n) is 8.82. The molecule has 0 aromatic heterocycles. The van der Waals surface area contributed by atoms with Crippen molar-refractivity contribution in [3.63, 3.8) is 0 Å². The Morgan fingerprint density at radius 3 is 2.59 bits per heavy atom. The lowest BCUT2D eigenvalue weighted by Gasteiger charge is -2.57. The van der Waals surface area contributed by atoms with Crippen LogP contribution in [0.15, 0.2) is 23.3 Å². The molecule has 0 bridgehead atoms. The molecule has 2 fully saturated rings. The average Bonchev–Trinajstić information content (AvgIpc) is 2.97. The summed E-state index contributed by atoms with van der Waals surface area (Å²) in [6, 6.07) is 0. The fraction of sp³-hybridized carbons (Fsp3) is 0.739. The van der Waals surface area contributed by atoms with Gasteiger partial charge in [0.25, 0.3) is 0 Å². The largest absolute Gasteiger partial charge is 0.481 e. The standard InChI is InChI=1S/C23H32O4/c1-13-12-23(3)14(11-16(13)21(26)27-4)5-6-15-17-7-8-19(20(24)25)22(17,2)10-9-18(15)23/h5,11,13,15,17-19H,6-10,12H2,1-4H3,(H,24,25)/t13-,15+,17+,18+,19-,22+,23+/m1/s1. The van der Waals surface area contributed by atoms with Crippen LogP contribution in [0.2, 0.25) is 0 Å². The Morgan fingerprint density at radius 2 is 1.93 bits per heavy atom. The number of hydrogen-bond donors (Lipinski definition) is 1. The lowest BCUT2D eigenvalue weighted by Crippen LogP contribution is -2.50. The number of methoxy groups -OCH3 is 1. The molecule has 0 heterocycles. The van der Waals surface area contributed by atoms with Gasteiger partial charge in [-0.15, -0.1) is 0 Å². The number of esters is 1. The number of carboxylic acids is 1. The first-order chi connectivity index (χ1) is 12.7. The first-order valence-corrected chi connectivity index (χ1v) is 10.5. The summed E-state index contributed by atoms with van der Waals surface area (Å²) in [5.74, 6) is 0.869. The molecule has 2 saturated carbocycles. The fourth-order valence-electron chi connectivity index (χ4n) is 7.45. The summed E-state index contributed by atoms with van der Waals surface area (Å²) in [5.41, 5.74) is 2.13. The van der Waals surface area contributed by atoms with Crippen molar-refractivity contribution in [2.45, 2.75) is 59.3 Å². The molecule has 1 N–H and O–H groups in total. The van der Waals surface area contributed by atoms with Crippen molar-refractivity contribution in [2.24, 2.45) is 40.4 Å². The van der Waals surface area contributed by atoms with Gasteiger partial charge in [-0.3, -0.25) is 4.79 Å². The molecule has 7 atom stereocenters. The maximum absolute atomic E-state index is 12.2. The molecule has 0 unspecified atom stereocenters. The lowest BCUT2D eigenvalue weighted by molar-refractivity contribution is -0.148. The molecular weight excluding hydrogens is 340 g/mol. The fourth-order valence-corrected chi connectivity index (χ4v) is 7.45. The van der Waals surface area contributed by atoms with Gasteiger partial charge in [-0.1, -0.05) is 26.8 Å². The van der Waals surface area contributed by atoms with Crippen molar-refractivity contribution >= 4 is 11.9 Å². The molecule has 4 nitrogen and oxygen atoms in total. The van der Waals surface area contributed by atoms with Crippen molar-refractivity contribution in [1.29, 1.82) is 0 Å². The van der Waals surface area contributed by atoms with E-state index in [-0.39, 0.29) is 28.6 Å². The molecular formula is C23H32O4. The van der Waals surface area contributed by atoms with Crippen LogP contribution in [-0.2, 0) is 14.3 Å². The molecule has 0 amide bonds. The number of rotatable bonds is 2. The lowest BCUT2D eigenvalue weighted by atomic mass is 9.47. The molecule has 0 saturated heterocycles. The number of aliphatic carboxylic acids is 1. The Balaban J connectivity index is 1.69. The summed E-state index contributed by atoms with van der Waals surface area (Å²) in [7, 11) is 1.45. The monoisotopic (exact) mass is 372 g/mol. The van der Waals surface area contributed by atoms with Gasteiger partial charge in [-0.25, -0.2) is 4.79 Å². The molecule has 4 aliphatic carbocycles. The van der Waals surface area contributed by atoms with Crippen LogP contribution < -0.4 is 0 Å². The van der Waals surface area contributed by atoms with E-state index < -0.39 is 5.97 Å². The second-order valence-corrected chi connectivity index (χ2v) is 9.90. The maximum atomic E-state index is 12.2. The maximum Gasteiger partial charge on any atom is 0.334 e. The van der Waals surface area contributed by atoms with Crippen LogP contribution in [0.3, 0.4) is 0 Å². The number of carbonyl (C=O) groups excluding carboxylic acids is 1. The normalized spacial score (nSPS) is 45.7. The average molecular weight is 373 g/mol. The van der Waals surface area contributed by atoms with Crippen LogP contribution in [-0.4, -0.2) is 24.2 Å². The summed E-state index contributed by atoms with van der Waals surface area (Å²) in [4.78, 5) is 24.0. The molecule has 0 radical (unpaired) electrons. The molecule has 4 rings (SSSR count). The Hall–Kier alpha value is -1.58. The van der Waals surface area contributed by atoms with Crippen molar-refractivity contribution in [3.05, 3.63) is 23.3 Å². The molecule has 148 valence electrons. The molecule has 27 heavy (non-hydrogen) atoms. The van der Waals surface area contributed by atoms with Crippen LogP contribution in [0.25, 0.3) is 0 Å². The van der Waals surface area contributed by atoms with Gasteiger partial charge in [0.2, 0.25) is 0 Å². The van der Waals surface area contributed by atoms with Gasteiger partial charge >= 0.3 is 11.9 Å². The van der Waals surface area contributed by atoms with Gasteiger partial charge in [-0.05, 0) is 84.7 Å². The third kappa shape index (κ3) is 2.55. The molecule has 0 aromatic carbocycles. The van der Waals surface area contributed by atoms with Crippen molar-refractivity contribution in [2.75, 3.05) is 7.11 Å². The number of allylic oxidation sites excluding steroid dienone is 3. The zero-order chi connectivity index (χ0) is 19.6. The van der Waals surface area contributed by atoms with Gasteiger partial charge in [0, 0.05) is 5.57 Å². The predicted octanol–water partition coefficient (Wildman–Crippen LogP) is 4.61. The molecule has 4 aliphatic rings. The number of fused-ring (bicyclic) bond motifs is 5. The Labute approximate surface area is 162 Å². The van der Waals surface area contributed by atoms with Gasteiger partial charge in [-0.2, -0.15) is 0 Å². The van der Waals surface area contributed by atoms with Crippen LogP contribution in [0.1, 0.15) is 59.3 Å². The number of carboxylic acid groups (broad SMARTS) is 1. The summed E-state index contributed by atoms with van der Waals surface area (Å²) in [5, 5.41) is 9.73. The summed E-state index contributed by atoms with van der Waals surface area (Å²) in [6.07, 6.45) is 10.4. The molecule has 0 spiro atoms. The van der Waals surface area contributed by atoms with Crippen LogP contribution >= 0.6 is 0 Å². The minimum absolute atomic E-state index is 0.0536. The van der Waals surface area contributed by atoms with Crippen LogP contribution in [0.4, 0.5) is 0 Å². The molecule has 4 heteroatoms. The van der Waals surface area contributed by atoms with Gasteiger partial charge in [0.05, 0.1) is 13.0 Å². The highest BCUT2D eigenvalue weighted by Crippen LogP contribution is 2.66. The minimum atomic E-state index is -0.603. The Morgan fingerprint density at radius 1 is 1.19 bits per heavy atom. The van der Waals surface area contributed by atoms with Crippen molar-refractivity contribution in [3.8, 4) is 0 Å². The highest BCUT2D eigenvalue weighted by molar-refractivity contribution is 5.90. The number of carbonyl (C=O) groups is 2. The second kappa shape index (κ2) is 6.22. The number of hydrogen-bond acceptors (Lipinski definition) is 3. The summed E-state index contributed by atoms with van der Waals surface area (Å²) < 4.78 is 4.99. The van der Waals surface area contributed by atoms with E-state index in [0.717, 1.165) is 44.1 Å². The van der Waals surface area contributed by atoms with Gasteiger partial charge < -0.3 is 9.84 Å². The topological polar surface area (TPSA) is 63.6 Å². The Bertz CT molecular complexity index is 735. The quantitative estimate of drug-likeness (QED) is 0.719. The first-order valence-electron chi connectivity index (χ1n) is 10.5. The smallest absolute Gasteiger partial charge is 0.334 e. The summed E-state index contributed by atoms with van der Waals surface area (Å²) in [6.45, 7) is 6.75. The third-order valence-corrected chi connectivity index (χ3v) is 8.82. The van der Waals surface area contributed by atoms with E-state index in [4.69, 9.17) is 4.74 Å². The van der Waals surface area contributed by atoms with Crippen LogP contribution in [0.5, 0.6) is 0 Å². The highest BCUT2D eigenvalue weighted by atomic mass is 16.5. The van der Waals surface area contributed by atoms with Gasteiger partial charge in [0.1, 0.15) is 0 Å². The van der Waals surface area contributed by atoms with E-state index in [1.165, 1.54) is 12.7 Å². The van der Waals surface area contributed by atoms with E-state index in [0.29, 0.717) is 17.8 Å². The minimum Gasteiger partial charge on any atom is -0.481 e. The SMILES string of the molecule is COC(=O)C1=CC2=CC[C@H]3[C@@H]4CC[C@H](C(=O)O)[C@@]4(C)CC[C@@H]3[C@@]2(C)C[C@H]1C. The van der Waals surface area contributed by atoms with Crippen LogP contribution in [0, 0.1) is 40.4 Å². The van der Waals surface area contributed by atoms with Gasteiger partial charge in [0.15, 0.2) is 0 Å². The highest BCUT2D eigenvalue weighted by Gasteiger charge is 2.60. The molecule has 0 aliphatic heterocycles. The predicted molar refractivity (Wildman–Crippen MR) is 103 cm³/mol. The first kappa shape index (κ1) is 18.8. The number of ether oxygens (including phenoxy) is 1. The zero-order valence-corrected chi connectivity index (χ0v) is 17.0. The van der Waals surface area contributed by atoms with E-state index in [2.05, 4.69) is 32.9 Å². The summed E-state index contributed by atoms with van der Waals surface area (Å²) >= 11 is 0. The van der Waals surface area contributed by atoms with E-state index >= 15 is 0 Å². The Kier molecular flexibility index (Phi) is 4.32. The van der Waals surface area contributed by atoms with Crippen molar-refractivity contribution in [1.82, 2.24) is 0 Å². The van der Waals surface area contributed by atoms with E-state index in [9.17, 15) is 14.7 Å². The van der Waals surface area contributed by atoms with E-state index in [1.807, 2.05) is 0 Å². The molecule has 0 aromatic rings. The zero-order valence-electron chi connectivity index (χ0n) is 17.0.